The minimum Gasteiger partial charge on any atom is -0.454 e. The first-order chi connectivity index (χ1) is 8.66. The number of anilines is 1. The molecule has 0 bridgehead atoms. The van der Waals surface area contributed by atoms with Crippen molar-refractivity contribution in [3.05, 3.63) is 52.2 Å². The lowest BCUT2D eigenvalue weighted by Crippen LogP contribution is -2.13. The SMILES string of the molecule is Nc1cccc(C(=O)OCC(=O)c2cccs2)c1. The van der Waals surface area contributed by atoms with Gasteiger partial charge in [0.2, 0.25) is 5.78 Å². The summed E-state index contributed by atoms with van der Waals surface area (Å²) in [4.78, 5) is 23.8. The number of ether oxygens (including phenoxy) is 1. The first-order valence-corrected chi connectivity index (χ1v) is 6.14. The van der Waals surface area contributed by atoms with Crippen molar-refractivity contribution in [2.24, 2.45) is 0 Å². The van der Waals surface area contributed by atoms with Gasteiger partial charge in [0.15, 0.2) is 6.61 Å². The van der Waals surface area contributed by atoms with Crippen molar-refractivity contribution in [1.82, 2.24) is 0 Å². The molecule has 0 fully saturated rings. The first kappa shape index (κ1) is 12.3. The maximum atomic E-state index is 11.6. The Morgan fingerprint density at radius 3 is 2.72 bits per heavy atom. The topological polar surface area (TPSA) is 69.4 Å². The van der Waals surface area contributed by atoms with Crippen molar-refractivity contribution < 1.29 is 14.3 Å². The van der Waals surface area contributed by atoms with Crippen LogP contribution in [0, 0.1) is 0 Å². The predicted octanol–water partition coefficient (Wildman–Crippen LogP) is 2.37. The van der Waals surface area contributed by atoms with Crippen molar-refractivity contribution in [3.63, 3.8) is 0 Å². The fraction of sp³-hybridized carbons (Fsp3) is 0.0769. The number of hydrogen-bond donors (Lipinski definition) is 1. The van der Waals surface area contributed by atoms with Crippen molar-refractivity contribution in [3.8, 4) is 0 Å². The van der Waals surface area contributed by atoms with Crippen LogP contribution in [-0.4, -0.2) is 18.4 Å². The van der Waals surface area contributed by atoms with E-state index >= 15 is 0 Å². The zero-order valence-electron chi connectivity index (χ0n) is 9.46. The Morgan fingerprint density at radius 2 is 2.06 bits per heavy atom. The second-order valence-electron chi connectivity index (χ2n) is 3.60. The van der Waals surface area contributed by atoms with E-state index in [9.17, 15) is 9.59 Å². The Bertz CT molecular complexity index is 563. The first-order valence-electron chi connectivity index (χ1n) is 5.26. The number of carbonyl (C=O) groups is 2. The van der Waals surface area contributed by atoms with Gasteiger partial charge in [0.05, 0.1) is 10.4 Å². The van der Waals surface area contributed by atoms with E-state index in [4.69, 9.17) is 10.5 Å². The standard InChI is InChI=1S/C13H11NO3S/c14-10-4-1-3-9(7-10)13(16)17-8-11(15)12-5-2-6-18-12/h1-7H,8,14H2. The van der Waals surface area contributed by atoms with Gasteiger partial charge < -0.3 is 10.5 Å². The average molecular weight is 261 g/mol. The van der Waals surface area contributed by atoms with Gasteiger partial charge in [0.1, 0.15) is 0 Å². The zero-order valence-corrected chi connectivity index (χ0v) is 10.3. The van der Waals surface area contributed by atoms with Crippen molar-refractivity contribution in [2.75, 3.05) is 12.3 Å². The van der Waals surface area contributed by atoms with Gasteiger partial charge in [-0.05, 0) is 29.6 Å². The van der Waals surface area contributed by atoms with E-state index in [-0.39, 0.29) is 12.4 Å². The Balaban J connectivity index is 1.95. The van der Waals surface area contributed by atoms with Gasteiger partial charge in [0.25, 0.3) is 0 Å². The molecule has 0 radical (unpaired) electrons. The molecule has 0 saturated heterocycles. The summed E-state index contributed by atoms with van der Waals surface area (Å²) in [5.74, 6) is -0.755. The van der Waals surface area contributed by atoms with Crippen LogP contribution >= 0.6 is 11.3 Å². The Hall–Kier alpha value is -2.14. The van der Waals surface area contributed by atoms with E-state index in [2.05, 4.69) is 0 Å². The van der Waals surface area contributed by atoms with Crippen LogP contribution in [0.4, 0.5) is 5.69 Å². The summed E-state index contributed by atoms with van der Waals surface area (Å²) in [6.45, 7) is -0.256. The number of carbonyl (C=O) groups excluding carboxylic acids is 2. The van der Waals surface area contributed by atoms with Crippen LogP contribution < -0.4 is 5.73 Å². The van der Waals surface area contributed by atoms with Crippen LogP contribution in [0.25, 0.3) is 0 Å². The van der Waals surface area contributed by atoms with Gasteiger partial charge in [-0.25, -0.2) is 4.79 Å². The van der Waals surface area contributed by atoms with Crippen LogP contribution in [0.1, 0.15) is 20.0 Å². The molecule has 92 valence electrons. The summed E-state index contributed by atoms with van der Waals surface area (Å²) in [6.07, 6.45) is 0. The normalized spacial score (nSPS) is 10.0. The lowest BCUT2D eigenvalue weighted by atomic mass is 10.2. The smallest absolute Gasteiger partial charge is 0.338 e. The highest BCUT2D eigenvalue weighted by atomic mass is 32.1. The van der Waals surface area contributed by atoms with E-state index in [1.807, 2.05) is 0 Å². The van der Waals surface area contributed by atoms with E-state index in [0.29, 0.717) is 16.1 Å². The quantitative estimate of drug-likeness (QED) is 0.521. The molecule has 1 heterocycles. The van der Waals surface area contributed by atoms with Crippen molar-refractivity contribution in [1.29, 1.82) is 0 Å². The average Bonchev–Trinajstić information content (AvgIpc) is 2.89. The van der Waals surface area contributed by atoms with Crippen molar-refractivity contribution >= 4 is 28.8 Å². The highest BCUT2D eigenvalue weighted by Crippen LogP contribution is 2.11. The molecule has 2 rings (SSSR count). The summed E-state index contributed by atoms with van der Waals surface area (Å²) in [6, 6.07) is 9.91. The van der Waals surface area contributed by atoms with Crippen molar-refractivity contribution in [2.45, 2.75) is 0 Å². The van der Waals surface area contributed by atoms with E-state index in [0.717, 1.165) is 0 Å². The number of thiophene rings is 1. The number of hydrogen-bond acceptors (Lipinski definition) is 5. The van der Waals surface area contributed by atoms with Gasteiger partial charge in [-0.15, -0.1) is 11.3 Å². The number of rotatable bonds is 4. The molecule has 0 unspecified atom stereocenters. The monoisotopic (exact) mass is 261 g/mol. The lowest BCUT2D eigenvalue weighted by molar-refractivity contribution is 0.0476. The highest BCUT2D eigenvalue weighted by Gasteiger charge is 2.12. The van der Waals surface area contributed by atoms with Crippen LogP contribution in [0.15, 0.2) is 41.8 Å². The number of nitrogen functional groups attached to an aromatic ring is 1. The molecule has 0 amide bonds. The third-order valence-corrected chi connectivity index (χ3v) is 3.16. The Kier molecular flexibility index (Phi) is 3.74. The molecule has 4 nitrogen and oxygen atoms in total. The molecule has 0 saturated carbocycles. The molecule has 5 heteroatoms. The summed E-state index contributed by atoms with van der Waals surface area (Å²) < 4.78 is 4.93. The fourth-order valence-electron chi connectivity index (χ4n) is 1.39. The summed E-state index contributed by atoms with van der Waals surface area (Å²) in [7, 11) is 0. The summed E-state index contributed by atoms with van der Waals surface area (Å²) in [5, 5.41) is 1.80. The third kappa shape index (κ3) is 2.95. The largest absolute Gasteiger partial charge is 0.454 e. The van der Waals surface area contributed by atoms with E-state index < -0.39 is 5.97 Å². The minimum absolute atomic E-state index is 0.206. The lowest BCUT2D eigenvalue weighted by Gasteiger charge is -2.03. The minimum atomic E-state index is -0.549. The Morgan fingerprint density at radius 1 is 1.22 bits per heavy atom. The second-order valence-corrected chi connectivity index (χ2v) is 4.55. The van der Waals surface area contributed by atoms with Crippen LogP contribution in [-0.2, 0) is 4.74 Å². The number of ketones is 1. The fourth-order valence-corrected chi connectivity index (χ4v) is 2.04. The van der Waals surface area contributed by atoms with Gasteiger partial charge >= 0.3 is 5.97 Å². The van der Waals surface area contributed by atoms with Gasteiger partial charge in [0, 0.05) is 5.69 Å². The molecule has 0 spiro atoms. The molecule has 1 aromatic carbocycles. The van der Waals surface area contributed by atoms with Gasteiger partial charge in [-0.1, -0.05) is 12.1 Å². The maximum absolute atomic E-state index is 11.6. The predicted molar refractivity (Wildman–Crippen MR) is 69.8 cm³/mol. The summed E-state index contributed by atoms with van der Waals surface area (Å²) >= 11 is 1.32. The van der Waals surface area contributed by atoms with Gasteiger partial charge in [-0.3, -0.25) is 4.79 Å². The molecule has 0 aliphatic heterocycles. The van der Waals surface area contributed by atoms with Gasteiger partial charge in [-0.2, -0.15) is 0 Å². The molecule has 1 aromatic heterocycles. The number of esters is 1. The molecular formula is C13H11NO3S. The number of Topliss-reactive ketones (excluding diaryl/α,β-unsaturated/α-hetero) is 1. The molecule has 2 N–H and O–H groups in total. The number of benzene rings is 1. The molecule has 0 aliphatic carbocycles. The maximum Gasteiger partial charge on any atom is 0.338 e. The second kappa shape index (κ2) is 5.46. The summed E-state index contributed by atoms with van der Waals surface area (Å²) in [5.41, 5.74) is 6.38. The highest BCUT2D eigenvalue weighted by molar-refractivity contribution is 7.12. The van der Waals surface area contributed by atoms with E-state index in [1.165, 1.54) is 17.4 Å². The molecule has 18 heavy (non-hydrogen) atoms. The van der Waals surface area contributed by atoms with Crippen LogP contribution in [0.5, 0.6) is 0 Å². The third-order valence-electron chi connectivity index (χ3n) is 2.25. The van der Waals surface area contributed by atoms with Crippen LogP contribution in [0.3, 0.4) is 0 Å². The molecule has 2 aromatic rings. The Labute approximate surface area is 108 Å². The molecular weight excluding hydrogens is 250 g/mol. The molecule has 0 atom stereocenters. The van der Waals surface area contributed by atoms with E-state index in [1.54, 1.807) is 35.7 Å². The van der Waals surface area contributed by atoms with Crippen LogP contribution in [0.2, 0.25) is 0 Å². The molecule has 0 aliphatic rings. The zero-order chi connectivity index (χ0) is 13.0. The number of nitrogens with two attached hydrogens (primary N) is 1.